The molecule has 3 amide bonds. The fourth-order valence-corrected chi connectivity index (χ4v) is 5.47. The molecule has 0 saturated carbocycles. The number of hydrogen-bond acceptors (Lipinski definition) is 13. The van der Waals surface area contributed by atoms with Crippen LogP contribution in [0.4, 0.5) is 5.69 Å². The van der Waals surface area contributed by atoms with Crippen LogP contribution in [0.15, 0.2) is 48.5 Å². The van der Waals surface area contributed by atoms with Gasteiger partial charge in [-0.15, -0.1) is 0 Å². The predicted molar refractivity (Wildman–Crippen MR) is 189 cm³/mol. The Morgan fingerprint density at radius 2 is 1.56 bits per heavy atom. The zero-order chi connectivity index (χ0) is 38.7. The van der Waals surface area contributed by atoms with Crippen molar-refractivity contribution < 1.29 is 54.6 Å². The Hall–Kier alpha value is -4.62. The van der Waals surface area contributed by atoms with Crippen molar-refractivity contribution in [1.29, 1.82) is 0 Å². The predicted octanol–water partition coefficient (Wildman–Crippen LogP) is -0.711. The molecule has 0 saturated heterocycles. The van der Waals surface area contributed by atoms with Crippen LogP contribution >= 0.6 is 0 Å². The van der Waals surface area contributed by atoms with Gasteiger partial charge in [-0.3, -0.25) is 35.1 Å². The summed E-state index contributed by atoms with van der Waals surface area (Å²) in [5.41, 5.74) is 2.58. The second-order valence-corrected chi connectivity index (χ2v) is 13.0. The van der Waals surface area contributed by atoms with Crippen molar-refractivity contribution in [2.24, 2.45) is 5.92 Å². The summed E-state index contributed by atoms with van der Waals surface area (Å²) in [6.07, 6.45) is -4.33. The second-order valence-electron chi connectivity index (χ2n) is 13.0. The highest BCUT2D eigenvalue weighted by Crippen LogP contribution is 2.33. The zero-order valence-corrected chi connectivity index (χ0v) is 29.7. The number of aliphatic carboxylic acids is 1. The maximum Gasteiger partial charge on any atom is 0.305 e. The monoisotopic (exact) mass is 730 g/mol. The Labute approximate surface area is 301 Å². The van der Waals surface area contributed by atoms with Crippen molar-refractivity contribution in [3.05, 3.63) is 59.7 Å². The third-order valence-corrected chi connectivity index (χ3v) is 8.22. The quantitative estimate of drug-likeness (QED) is 0.0797. The van der Waals surface area contributed by atoms with Crippen molar-refractivity contribution >= 4 is 35.0 Å². The van der Waals surface area contributed by atoms with Gasteiger partial charge in [-0.25, -0.2) is 0 Å². The molecule has 286 valence electrons. The Bertz CT molecular complexity index is 1570. The number of fused-ring (bicyclic) bond motifs is 1. The van der Waals surface area contributed by atoms with Gasteiger partial charge >= 0.3 is 5.97 Å². The topological polar surface area (TPSA) is 271 Å². The van der Waals surface area contributed by atoms with E-state index < -0.39 is 85.8 Å². The van der Waals surface area contributed by atoms with E-state index in [1.165, 1.54) is 38.1 Å². The van der Waals surface area contributed by atoms with Crippen molar-refractivity contribution in [3.8, 4) is 11.5 Å². The third kappa shape index (κ3) is 12.9. The molecular weight excluding hydrogens is 680 g/mol. The van der Waals surface area contributed by atoms with Crippen LogP contribution in [-0.2, 0) is 25.6 Å². The number of carboxylic acids is 1. The van der Waals surface area contributed by atoms with E-state index in [4.69, 9.17) is 4.74 Å². The van der Waals surface area contributed by atoms with E-state index >= 15 is 0 Å². The van der Waals surface area contributed by atoms with Gasteiger partial charge < -0.3 is 51.3 Å². The molecule has 2 aromatic rings. The van der Waals surface area contributed by atoms with Crippen LogP contribution in [0.3, 0.4) is 0 Å². The van der Waals surface area contributed by atoms with Crippen molar-refractivity contribution in [2.75, 3.05) is 11.9 Å². The minimum Gasteiger partial charge on any atom is -0.508 e. The molecule has 8 unspecified atom stereocenters. The number of aliphatic hydroxyl groups excluding tert-OH is 4. The lowest BCUT2D eigenvalue weighted by Gasteiger charge is -2.32. The fourth-order valence-electron chi connectivity index (χ4n) is 5.47. The maximum atomic E-state index is 13.3. The molecule has 0 fully saturated rings. The van der Waals surface area contributed by atoms with E-state index in [0.717, 1.165) is 11.1 Å². The van der Waals surface area contributed by atoms with Gasteiger partial charge in [0.25, 0.3) is 0 Å². The highest BCUT2D eigenvalue weighted by atomic mass is 16.6. The lowest BCUT2D eigenvalue weighted by atomic mass is 9.99. The fraction of sp³-hybridized carbons (Fsp3) is 0.486. The molecule has 12 N–H and O–H groups in total. The van der Waals surface area contributed by atoms with E-state index in [9.17, 15) is 49.8 Å². The number of allylic oxidation sites excluding steroid dienone is 1. The van der Waals surface area contributed by atoms with Gasteiger partial charge in [0.1, 0.15) is 30.2 Å². The summed E-state index contributed by atoms with van der Waals surface area (Å²) >= 11 is 0. The van der Waals surface area contributed by atoms with Gasteiger partial charge in [0, 0.05) is 17.3 Å². The number of aliphatic hydroxyl groups is 4. The molecule has 1 aliphatic rings. The van der Waals surface area contributed by atoms with Crippen LogP contribution in [0.5, 0.6) is 11.5 Å². The van der Waals surface area contributed by atoms with Gasteiger partial charge in [0.15, 0.2) is 0 Å². The van der Waals surface area contributed by atoms with E-state index in [2.05, 4.69) is 31.9 Å². The molecule has 17 nitrogen and oxygen atoms in total. The number of carboxylic acid groups (broad SMARTS) is 1. The third-order valence-electron chi connectivity index (χ3n) is 8.22. The Balaban J connectivity index is 1.58. The largest absolute Gasteiger partial charge is 0.508 e. The second kappa shape index (κ2) is 19.3. The summed E-state index contributed by atoms with van der Waals surface area (Å²) in [6.45, 7) is 7.65. The summed E-state index contributed by atoms with van der Waals surface area (Å²) in [7, 11) is 0. The maximum absolute atomic E-state index is 13.3. The Morgan fingerprint density at radius 3 is 2.17 bits per heavy atom. The first-order chi connectivity index (χ1) is 24.4. The minimum absolute atomic E-state index is 0.0530. The average Bonchev–Trinajstić information content (AvgIpc) is 3.05. The molecular formula is C35H50N6O11. The van der Waals surface area contributed by atoms with Crippen LogP contribution in [0.2, 0.25) is 0 Å². The number of aromatic hydroxyl groups is 1. The molecule has 1 aliphatic heterocycles. The van der Waals surface area contributed by atoms with Crippen LogP contribution < -0.4 is 36.6 Å². The first-order valence-electron chi connectivity index (χ1n) is 16.8. The molecule has 2 aromatic carbocycles. The lowest BCUT2D eigenvalue weighted by Crippen LogP contribution is -2.61. The van der Waals surface area contributed by atoms with E-state index in [1.807, 2.05) is 0 Å². The van der Waals surface area contributed by atoms with E-state index in [1.54, 1.807) is 45.0 Å². The van der Waals surface area contributed by atoms with Gasteiger partial charge in [0.2, 0.25) is 24.0 Å². The number of amides is 3. The Morgan fingerprint density at radius 1 is 0.885 bits per heavy atom. The molecule has 3 rings (SSSR count). The van der Waals surface area contributed by atoms with Crippen LogP contribution in [0.1, 0.15) is 52.2 Å². The zero-order valence-electron chi connectivity index (χ0n) is 29.7. The van der Waals surface area contributed by atoms with E-state index in [-0.39, 0.29) is 18.1 Å². The summed E-state index contributed by atoms with van der Waals surface area (Å²) in [4.78, 5) is 50.6. The van der Waals surface area contributed by atoms with Gasteiger partial charge in [-0.2, -0.15) is 0 Å². The van der Waals surface area contributed by atoms with Gasteiger partial charge in [-0.1, -0.05) is 26.0 Å². The van der Waals surface area contributed by atoms with Crippen molar-refractivity contribution in [2.45, 2.75) is 96.6 Å². The van der Waals surface area contributed by atoms with Gasteiger partial charge in [-0.05, 0) is 74.6 Å². The van der Waals surface area contributed by atoms with Crippen molar-refractivity contribution in [1.82, 2.24) is 26.6 Å². The standard InChI is InChI=1S/C35H50N6O11/c1-17(2)31(41-34(50)25(38-20(5)42)13-21-6-9-23(43)10-7-21)35(51)37-19(4)32(48)40-26(15-29(45)46)33(49)36-16-28(44)39-22-8-11-24-18(3)12-30(47)52-27(24)14-22/h6-12,14,17,19-20,25-26,30-31,33,35-38,42-43,47,49,51H,13,15-16H2,1-5H3,(H,39,44)(H,40,48)(H,41,50)(H,45,46). The number of carbonyl (C=O) groups excluding carboxylic acids is 3. The highest BCUT2D eigenvalue weighted by molar-refractivity contribution is 5.93. The molecule has 17 heteroatoms. The van der Waals surface area contributed by atoms with Crippen LogP contribution in [0.25, 0.3) is 5.57 Å². The first kappa shape index (κ1) is 41.8. The number of carbonyl (C=O) groups is 4. The number of rotatable bonds is 19. The summed E-state index contributed by atoms with van der Waals surface area (Å²) in [6, 6.07) is 6.68. The summed E-state index contributed by atoms with van der Waals surface area (Å²) in [5.74, 6) is -3.20. The summed E-state index contributed by atoms with van der Waals surface area (Å²) < 4.78 is 5.38. The Kier molecular flexibility index (Phi) is 15.5. The SMILES string of the molecule is CC1=CC(O)Oc2cc(NC(=O)CNC(O)C(CC(=O)O)NC(=O)C(C)NC(O)C(NC(=O)C(Cc3ccc(O)cc3)NC(C)O)C(C)C)ccc21. The molecule has 0 radical (unpaired) electrons. The number of ether oxygens (including phenoxy) is 1. The number of hydrogen-bond donors (Lipinski definition) is 12. The van der Waals surface area contributed by atoms with Gasteiger partial charge in [0.05, 0.1) is 37.1 Å². The molecule has 52 heavy (non-hydrogen) atoms. The number of anilines is 1. The molecule has 0 spiro atoms. The van der Waals surface area contributed by atoms with Crippen molar-refractivity contribution in [3.63, 3.8) is 0 Å². The highest BCUT2D eigenvalue weighted by Gasteiger charge is 2.32. The number of benzene rings is 2. The van der Waals surface area contributed by atoms with E-state index in [0.29, 0.717) is 17.0 Å². The molecule has 0 bridgehead atoms. The number of nitrogens with one attached hydrogen (secondary N) is 6. The minimum atomic E-state index is -1.67. The average molecular weight is 731 g/mol. The molecule has 0 aromatic heterocycles. The smallest absolute Gasteiger partial charge is 0.305 e. The number of phenolic OH excluding ortho intramolecular Hbond substituents is 1. The number of phenols is 1. The molecule has 8 atom stereocenters. The van der Waals surface area contributed by atoms with Crippen LogP contribution in [0, 0.1) is 5.92 Å². The first-order valence-corrected chi connectivity index (χ1v) is 16.8. The normalized spacial score (nSPS) is 18.0. The summed E-state index contributed by atoms with van der Waals surface area (Å²) in [5, 5.41) is 76.3. The molecule has 0 aliphatic carbocycles. The van der Waals surface area contributed by atoms with Crippen LogP contribution in [-0.4, -0.2) is 110 Å². The lowest BCUT2D eigenvalue weighted by molar-refractivity contribution is -0.139. The molecule has 1 heterocycles.